The van der Waals surface area contributed by atoms with E-state index in [1.54, 1.807) is 0 Å². The number of nitrogens with zero attached hydrogens (tertiary/aromatic N) is 2. The Bertz CT molecular complexity index is 541. The molecule has 0 radical (unpaired) electrons. The van der Waals surface area contributed by atoms with Crippen LogP contribution < -0.4 is 10.5 Å². The summed E-state index contributed by atoms with van der Waals surface area (Å²) in [7, 11) is 0. The van der Waals surface area contributed by atoms with Crippen LogP contribution in [0.4, 0.5) is 0 Å². The Hall–Kier alpha value is -1.81. The van der Waals surface area contributed by atoms with Gasteiger partial charge >= 0.3 is 0 Å². The van der Waals surface area contributed by atoms with E-state index < -0.39 is 0 Å². The summed E-state index contributed by atoms with van der Waals surface area (Å²) in [5, 5.41) is 4.61. The highest BCUT2D eigenvalue weighted by molar-refractivity contribution is 5.27. The Balaban J connectivity index is 1.57. The molecule has 1 aromatic carbocycles. The third-order valence-corrected chi connectivity index (χ3v) is 3.91. The van der Waals surface area contributed by atoms with Crippen LogP contribution in [0.1, 0.15) is 43.0 Å². The van der Waals surface area contributed by atoms with Crippen LogP contribution in [-0.2, 0) is 13.2 Å². The highest BCUT2D eigenvalue weighted by Crippen LogP contribution is 2.28. The lowest BCUT2D eigenvalue weighted by Gasteiger charge is -2.09. The SMILES string of the molecule is NCc1ccc(OCc2ccn(C3CCCC3)n2)cc1. The van der Waals surface area contributed by atoms with E-state index in [-0.39, 0.29) is 0 Å². The van der Waals surface area contributed by atoms with Crippen molar-refractivity contribution in [3.05, 3.63) is 47.8 Å². The fourth-order valence-corrected chi connectivity index (χ4v) is 2.71. The molecule has 0 unspecified atom stereocenters. The Morgan fingerprint density at radius 3 is 2.60 bits per heavy atom. The van der Waals surface area contributed by atoms with Gasteiger partial charge in [0.05, 0.1) is 11.7 Å². The third kappa shape index (κ3) is 3.02. The monoisotopic (exact) mass is 271 g/mol. The molecule has 0 bridgehead atoms. The zero-order valence-corrected chi connectivity index (χ0v) is 11.7. The molecular formula is C16H21N3O. The van der Waals surface area contributed by atoms with Crippen molar-refractivity contribution in [2.24, 2.45) is 5.73 Å². The van der Waals surface area contributed by atoms with E-state index in [1.807, 2.05) is 30.3 Å². The first-order chi connectivity index (χ1) is 9.85. The molecule has 20 heavy (non-hydrogen) atoms. The van der Waals surface area contributed by atoms with Gasteiger partial charge in [-0.15, -0.1) is 0 Å². The van der Waals surface area contributed by atoms with Crippen molar-refractivity contribution in [1.82, 2.24) is 9.78 Å². The van der Waals surface area contributed by atoms with Crippen LogP contribution in [0.25, 0.3) is 0 Å². The number of rotatable bonds is 5. The summed E-state index contributed by atoms with van der Waals surface area (Å²) < 4.78 is 7.85. The smallest absolute Gasteiger partial charge is 0.132 e. The van der Waals surface area contributed by atoms with Gasteiger partial charge in [0.15, 0.2) is 0 Å². The maximum atomic E-state index is 5.75. The lowest BCUT2D eigenvalue weighted by atomic mass is 10.2. The van der Waals surface area contributed by atoms with Gasteiger partial charge in [0.1, 0.15) is 12.4 Å². The topological polar surface area (TPSA) is 53.1 Å². The van der Waals surface area contributed by atoms with Gasteiger partial charge in [-0.2, -0.15) is 5.10 Å². The van der Waals surface area contributed by atoms with Gasteiger partial charge in [0.25, 0.3) is 0 Å². The molecule has 3 rings (SSSR count). The molecule has 4 nitrogen and oxygen atoms in total. The third-order valence-electron chi connectivity index (χ3n) is 3.91. The Labute approximate surface area is 119 Å². The fourth-order valence-electron chi connectivity index (χ4n) is 2.71. The second kappa shape index (κ2) is 6.09. The predicted molar refractivity (Wildman–Crippen MR) is 78.4 cm³/mol. The van der Waals surface area contributed by atoms with E-state index in [1.165, 1.54) is 25.7 Å². The molecule has 0 saturated heterocycles. The minimum Gasteiger partial charge on any atom is -0.487 e. The van der Waals surface area contributed by atoms with Gasteiger partial charge in [-0.25, -0.2) is 0 Å². The van der Waals surface area contributed by atoms with Crippen LogP contribution in [0.15, 0.2) is 36.5 Å². The zero-order chi connectivity index (χ0) is 13.8. The van der Waals surface area contributed by atoms with E-state index in [0.717, 1.165) is 17.0 Å². The van der Waals surface area contributed by atoms with Crippen molar-refractivity contribution >= 4 is 0 Å². The molecular weight excluding hydrogens is 250 g/mol. The van der Waals surface area contributed by atoms with Crippen LogP contribution >= 0.6 is 0 Å². The molecule has 1 fully saturated rings. The highest BCUT2D eigenvalue weighted by atomic mass is 16.5. The number of nitrogens with two attached hydrogens (primary N) is 1. The molecule has 2 N–H and O–H groups in total. The van der Waals surface area contributed by atoms with Crippen LogP contribution in [0.5, 0.6) is 5.75 Å². The number of aromatic nitrogens is 2. The Kier molecular flexibility index (Phi) is 4.02. The van der Waals surface area contributed by atoms with Gasteiger partial charge < -0.3 is 10.5 Å². The molecule has 0 aliphatic heterocycles. The molecule has 1 aliphatic rings. The summed E-state index contributed by atoms with van der Waals surface area (Å²) in [6.45, 7) is 1.08. The molecule has 1 saturated carbocycles. The van der Waals surface area contributed by atoms with Crippen molar-refractivity contribution < 1.29 is 4.74 Å². The van der Waals surface area contributed by atoms with Gasteiger partial charge in [0, 0.05) is 12.7 Å². The molecule has 1 heterocycles. The van der Waals surface area contributed by atoms with Gasteiger partial charge in [0.2, 0.25) is 0 Å². The molecule has 106 valence electrons. The first-order valence-corrected chi connectivity index (χ1v) is 7.31. The van der Waals surface area contributed by atoms with Crippen LogP contribution in [0.2, 0.25) is 0 Å². The minimum atomic E-state index is 0.516. The van der Waals surface area contributed by atoms with Gasteiger partial charge in [-0.3, -0.25) is 4.68 Å². The van der Waals surface area contributed by atoms with Crippen LogP contribution in [0, 0.1) is 0 Å². The molecule has 0 amide bonds. The minimum absolute atomic E-state index is 0.516. The molecule has 1 aromatic heterocycles. The van der Waals surface area contributed by atoms with E-state index >= 15 is 0 Å². The quantitative estimate of drug-likeness (QED) is 0.909. The first kappa shape index (κ1) is 13.2. The summed E-state index contributed by atoms with van der Waals surface area (Å²) in [6, 6.07) is 10.5. The Morgan fingerprint density at radius 1 is 1.15 bits per heavy atom. The maximum absolute atomic E-state index is 5.75. The summed E-state index contributed by atoms with van der Waals surface area (Å²) >= 11 is 0. The lowest BCUT2D eigenvalue weighted by molar-refractivity contribution is 0.298. The van der Waals surface area contributed by atoms with E-state index in [9.17, 15) is 0 Å². The first-order valence-electron chi connectivity index (χ1n) is 7.31. The number of benzene rings is 1. The van der Waals surface area contributed by atoms with Crippen LogP contribution in [0.3, 0.4) is 0 Å². The van der Waals surface area contributed by atoms with Crippen molar-refractivity contribution in [3.8, 4) is 5.75 Å². The zero-order valence-electron chi connectivity index (χ0n) is 11.7. The average Bonchev–Trinajstić information content (AvgIpc) is 3.16. The molecule has 0 atom stereocenters. The summed E-state index contributed by atoms with van der Waals surface area (Å²) in [6.07, 6.45) is 7.23. The summed E-state index contributed by atoms with van der Waals surface area (Å²) in [4.78, 5) is 0. The van der Waals surface area contributed by atoms with Crippen molar-refractivity contribution in [2.75, 3.05) is 0 Å². The number of hydrogen-bond donors (Lipinski definition) is 1. The molecule has 2 aromatic rings. The van der Waals surface area contributed by atoms with Gasteiger partial charge in [-0.1, -0.05) is 25.0 Å². The van der Waals surface area contributed by atoms with Crippen molar-refractivity contribution in [3.63, 3.8) is 0 Å². The average molecular weight is 271 g/mol. The van der Waals surface area contributed by atoms with Gasteiger partial charge in [-0.05, 0) is 36.6 Å². The maximum Gasteiger partial charge on any atom is 0.132 e. The summed E-state index contributed by atoms with van der Waals surface area (Å²) in [5.41, 5.74) is 7.67. The van der Waals surface area contributed by atoms with Crippen LogP contribution in [-0.4, -0.2) is 9.78 Å². The second-order valence-electron chi connectivity index (χ2n) is 5.36. The highest BCUT2D eigenvalue weighted by Gasteiger charge is 2.17. The lowest BCUT2D eigenvalue weighted by Crippen LogP contribution is -2.06. The molecule has 1 aliphatic carbocycles. The number of ether oxygens (including phenoxy) is 1. The number of hydrogen-bond acceptors (Lipinski definition) is 3. The molecule has 0 spiro atoms. The normalized spacial score (nSPS) is 15.7. The Morgan fingerprint density at radius 2 is 1.90 bits per heavy atom. The van der Waals surface area contributed by atoms with Crippen molar-refractivity contribution in [1.29, 1.82) is 0 Å². The molecule has 4 heteroatoms. The van der Waals surface area contributed by atoms with Crippen molar-refractivity contribution in [2.45, 2.75) is 44.9 Å². The predicted octanol–water partition coefficient (Wildman–Crippen LogP) is 3.04. The largest absolute Gasteiger partial charge is 0.487 e. The summed E-state index contributed by atoms with van der Waals surface area (Å²) in [5.74, 6) is 0.859. The van der Waals surface area contributed by atoms with E-state index in [0.29, 0.717) is 19.2 Å². The van der Waals surface area contributed by atoms with E-state index in [4.69, 9.17) is 10.5 Å². The van der Waals surface area contributed by atoms with E-state index in [2.05, 4.69) is 16.0 Å². The fraction of sp³-hybridized carbons (Fsp3) is 0.438. The second-order valence-corrected chi connectivity index (χ2v) is 5.36. The standard InChI is InChI=1S/C16H21N3O/c17-11-13-5-7-16(8-6-13)20-12-14-9-10-19(18-14)15-3-1-2-4-15/h5-10,15H,1-4,11-12,17H2.